The minimum absolute atomic E-state index is 0.304. The first-order valence-electron chi connectivity index (χ1n) is 11.1. The molecular weight excluding hydrogens is 344 g/mol. The molecule has 0 radical (unpaired) electrons. The molecule has 0 aliphatic heterocycles. The van der Waals surface area contributed by atoms with E-state index >= 15 is 0 Å². The molecule has 0 saturated heterocycles. The molecule has 0 aromatic carbocycles. The van der Waals surface area contributed by atoms with Gasteiger partial charge in [-0.1, -0.05) is 47.5 Å². The molecule has 26 heavy (non-hydrogen) atoms. The Balaban J connectivity index is 3.62. The molecule has 0 rings (SSSR count). The van der Waals surface area contributed by atoms with E-state index in [-0.39, 0.29) is 0 Å². The predicted octanol–water partition coefficient (Wildman–Crippen LogP) is 7.68. The van der Waals surface area contributed by atoms with E-state index in [1.54, 1.807) is 0 Å². The zero-order valence-corrected chi connectivity index (χ0v) is 19.3. The van der Waals surface area contributed by atoms with Gasteiger partial charge >= 0.3 is 0 Å². The fourth-order valence-electron chi connectivity index (χ4n) is 4.19. The van der Waals surface area contributed by atoms with Crippen molar-refractivity contribution < 1.29 is 9.47 Å². The Hall–Kier alpha value is 0.210. The van der Waals surface area contributed by atoms with Crippen LogP contribution in [0.3, 0.4) is 0 Å². The van der Waals surface area contributed by atoms with E-state index in [2.05, 4.69) is 41.5 Å². The molecule has 3 heteroatoms. The standard InChI is InChI=1S/C23H47ClO2/c1-7-8-9-12-25-18-26-13-10-11-19(2)14-20(3)15-21(4)16-22(5)17-23(6)24/h19-23H,7-18H2,1-6H3. The quantitative estimate of drug-likeness (QED) is 0.136. The van der Waals surface area contributed by atoms with Gasteiger partial charge in [0.15, 0.2) is 0 Å². The van der Waals surface area contributed by atoms with Crippen molar-refractivity contribution in [3.05, 3.63) is 0 Å². The highest BCUT2D eigenvalue weighted by Gasteiger charge is 2.16. The van der Waals surface area contributed by atoms with Gasteiger partial charge < -0.3 is 9.47 Å². The molecule has 0 bridgehead atoms. The monoisotopic (exact) mass is 390 g/mol. The van der Waals surface area contributed by atoms with Crippen molar-refractivity contribution in [1.82, 2.24) is 0 Å². The summed E-state index contributed by atoms with van der Waals surface area (Å²) in [5.74, 6) is 3.13. The van der Waals surface area contributed by atoms with Crippen LogP contribution in [0, 0.1) is 23.7 Å². The van der Waals surface area contributed by atoms with Crippen LogP contribution in [0.5, 0.6) is 0 Å². The predicted molar refractivity (Wildman–Crippen MR) is 116 cm³/mol. The molecule has 0 aliphatic carbocycles. The third-order valence-corrected chi connectivity index (χ3v) is 5.36. The molecule has 0 N–H and O–H groups in total. The van der Waals surface area contributed by atoms with Crippen LogP contribution in [0.15, 0.2) is 0 Å². The number of hydrogen-bond acceptors (Lipinski definition) is 2. The maximum absolute atomic E-state index is 6.12. The molecule has 0 spiro atoms. The van der Waals surface area contributed by atoms with E-state index in [4.69, 9.17) is 21.1 Å². The number of hydrogen-bond donors (Lipinski definition) is 0. The zero-order valence-electron chi connectivity index (χ0n) is 18.6. The number of unbranched alkanes of at least 4 members (excludes halogenated alkanes) is 2. The van der Waals surface area contributed by atoms with Crippen LogP contribution in [0.2, 0.25) is 0 Å². The van der Waals surface area contributed by atoms with Crippen molar-refractivity contribution in [2.75, 3.05) is 20.0 Å². The molecule has 5 unspecified atom stereocenters. The number of ether oxygens (including phenoxy) is 2. The largest absolute Gasteiger partial charge is 0.355 e. The van der Waals surface area contributed by atoms with Crippen LogP contribution >= 0.6 is 11.6 Å². The normalized spacial score (nSPS) is 17.7. The van der Waals surface area contributed by atoms with Crippen LogP contribution in [0.25, 0.3) is 0 Å². The van der Waals surface area contributed by atoms with Gasteiger partial charge in [0, 0.05) is 18.6 Å². The first-order valence-corrected chi connectivity index (χ1v) is 11.6. The molecule has 0 aliphatic rings. The third kappa shape index (κ3) is 17.6. The lowest BCUT2D eigenvalue weighted by Crippen LogP contribution is -2.12. The molecule has 5 atom stereocenters. The summed E-state index contributed by atoms with van der Waals surface area (Å²) in [6.45, 7) is 16.0. The minimum atomic E-state index is 0.304. The highest BCUT2D eigenvalue weighted by Crippen LogP contribution is 2.27. The van der Waals surface area contributed by atoms with E-state index in [1.807, 2.05) is 0 Å². The van der Waals surface area contributed by atoms with Gasteiger partial charge in [0.05, 0.1) is 0 Å². The molecule has 0 fully saturated rings. The summed E-state index contributed by atoms with van der Waals surface area (Å²) in [5, 5.41) is 0.304. The summed E-state index contributed by atoms with van der Waals surface area (Å²) in [6, 6.07) is 0. The van der Waals surface area contributed by atoms with Gasteiger partial charge in [0.1, 0.15) is 6.79 Å². The fraction of sp³-hybridized carbons (Fsp3) is 1.00. The average Bonchev–Trinajstić information content (AvgIpc) is 2.51. The van der Waals surface area contributed by atoms with Gasteiger partial charge in [-0.2, -0.15) is 0 Å². The van der Waals surface area contributed by atoms with E-state index in [9.17, 15) is 0 Å². The Kier molecular flexibility index (Phi) is 17.5. The highest BCUT2D eigenvalue weighted by molar-refractivity contribution is 6.20. The summed E-state index contributed by atoms with van der Waals surface area (Å²) in [6.07, 6.45) is 11.2. The maximum atomic E-state index is 6.12. The Bertz CT molecular complexity index is 296. The van der Waals surface area contributed by atoms with Gasteiger partial charge in [-0.15, -0.1) is 11.6 Å². The Morgan fingerprint density at radius 3 is 1.69 bits per heavy atom. The third-order valence-electron chi connectivity index (χ3n) is 5.19. The van der Waals surface area contributed by atoms with Crippen molar-refractivity contribution in [2.45, 2.75) is 105 Å². The van der Waals surface area contributed by atoms with Crippen LogP contribution in [0.4, 0.5) is 0 Å². The van der Waals surface area contributed by atoms with Gasteiger partial charge in [0.25, 0.3) is 0 Å². The SMILES string of the molecule is CCCCCOCOCCCC(C)CC(C)CC(C)CC(C)CC(C)Cl. The topological polar surface area (TPSA) is 18.5 Å². The molecule has 0 aromatic heterocycles. The number of halogens is 1. The summed E-state index contributed by atoms with van der Waals surface area (Å²) >= 11 is 6.12. The molecule has 0 saturated carbocycles. The number of alkyl halides is 1. The summed E-state index contributed by atoms with van der Waals surface area (Å²) < 4.78 is 11.1. The minimum Gasteiger partial charge on any atom is -0.355 e. The van der Waals surface area contributed by atoms with E-state index < -0.39 is 0 Å². The van der Waals surface area contributed by atoms with E-state index in [0.717, 1.165) is 56.1 Å². The van der Waals surface area contributed by atoms with Crippen molar-refractivity contribution in [3.63, 3.8) is 0 Å². The Labute approximate surface area is 169 Å². The van der Waals surface area contributed by atoms with Crippen LogP contribution in [-0.2, 0) is 9.47 Å². The first-order chi connectivity index (χ1) is 12.3. The summed E-state index contributed by atoms with van der Waals surface area (Å²) in [4.78, 5) is 0. The highest BCUT2D eigenvalue weighted by atomic mass is 35.5. The van der Waals surface area contributed by atoms with E-state index in [1.165, 1.54) is 38.5 Å². The van der Waals surface area contributed by atoms with Crippen LogP contribution in [-0.4, -0.2) is 25.4 Å². The summed E-state index contributed by atoms with van der Waals surface area (Å²) in [5.41, 5.74) is 0. The molecule has 0 heterocycles. The smallest absolute Gasteiger partial charge is 0.146 e. The average molecular weight is 391 g/mol. The van der Waals surface area contributed by atoms with Crippen molar-refractivity contribution in [2.24, 2.45) is 23.7 Å². The fourth-order valence-corrected chi connectivity index (χ4v) is 4.49. The Morgan fingerprint density at radius 1 is 0.654 bits per heavy atom. The lowest BCUT2D eigenvalue weighted by molar-refractivity contribution is -0.0561. The van der Waals surface area contributed by atoms with Crippen LogP contribution in [0.1, 0.15) is 99.3 Å². The van der Waals surface area contributed by atoms with Crippen molar-refractivity contribution in [3.8, 4) is 0 Å². The lowest BCUT2D eigenvalue weighted by Gasteiger charge is -2.23. The zero-order chi connectivity index (χ0) is 19.8. The molecule has 158 valence electrons. The van der Waals surface area contributed by atoms with Crippen molar-refractivity contribution in [1.29, 1.82) is 0 Å². The van der Waals surface area contributed by atoms with E-state index in [0.29, 0.717) is 12.2 Å². The molecule has 2 nitrogen and oxygen atoms in total. The summed E-state index contributed by atoms with van der Waals surface area (Å²) in [7, 11) is 0. The second kappa shape index (κ2) is 17.3. The molecule has 0 aromatic rings. The second-order valence-electron chi connectivity index (χ2n) is 8.93. The first kappa shape index (κ1) is 26.2. The van der Waals surface area contributed by atoms with Gasteiger partial charge in [-0.05, 0) is 75.5 Å². The lowest BCUT2D eigenvalue weighted by atomic mass is 9.84. The second-order valence-corrected chi connectivity index (χ2v) is 9.67. The van der Waals surface area contributed by atoms with Gasteiger partial charge in [-0.3, -0.25) is 0 Å². The van der Waals surface area contributed by atoms with Crippen LogP contribution < -0.4 is 0 Å². The van der Waals surface area contributed by atoms with Crippen molar-refractivity contribution >= 4 is 11.6 Å². The Morgan fingerprint density at radius 2 is 1.15 bits per heavy atom. The maximum Gasteiger partial charge on any atom is 0.146 e. The molecule has 0 amide bonds. The van der Waals surface area contributed by atoms with Gasteiger partial charge in [-0.25, -0.2) is 0 Å². The van der Waals surface area contributed by atoms with Gasteiger partial charge in [0.2, 0.25) is 0 Å². The number of rotatable bonds is 18. The molecular formula is C23H47ClO2.